The molecule has 0 aliphatic rings. The zero-order valence-electron chi connectivity index (χ0n) is 7.82. The highest BCUT2D eigenvalue weighted by atomic mass is 19.3. The zero-order valence-corrected chi connectivity index (χ0v) is 7.82. The first-order valence-corrected chi connectivity index (χ1v) is 4.20. The Hall–Kier alpha value is -1.06. The molecular weight excluding hydrogens is 196 g/mol. The summed E-state index contributed by atoms with van der Waals surface area (Å²) in [4.78, 5) is 0. The summed E-state index contributed by atoms with van der Waals surface area (Å²) in [5.74, 6) is -2.78. The summed E-state index contributed by atoms with van der Waals surface area (Å²) in [6.45, 7) is 3.45. The van der Waals surface area contributed by atoms with E-state index in [2.05, 4.69) is 0 Å². The van der Waals surface area contributed by atoms with Crippen molar-refractivity contribution in [3.05, 3.63) is 34.9 Å². The van der Waals surface area contributed by atoms with Crippen molar-refractivity contribution in [2.24, 2.45) is 0 Å². The van der Waals surface area contributed by atoms with Gasteiger partial charge in [0.2, 0.25) is 0 Å². The molecule has 0 fully saturated rings. The Morgan fingerprint density at radius 1 is 1.07 bits per heavy atom. The first kappa shape index (κ1) is 11.0. The van der Waals surface area contributed by atoms with E-state index in [0.29, 0.717) is 5.56 Å². The van der Waals surface area contributed by atoms with Gasteiger partial charge in [-0.3, -0.25) is 0 Å². The Morgan fingerprint density at radius 3 is 2.07 bits per heavy atom. The maximum Gasteiger partial charge on any atom is 0.266 e. The van der Waals surface area contributed by atoms with Crippen LogP contribution in [0.4, 0.5) is 17.6 Å². The average molecular weight is 206 g/mol. The molecule has 0 N–H and O–H groups in total. The first-order valence-electron chi connectivity index (χ1n) is 4.20. The third-order valence-corrected chi connectivity index (χ3v) is 1.98. The van der Waals surface area contributed by atoms with Gasteiger partial charge in [-0.15, -0.1) is 0 Å². The van der Waals surface area contributed by atoms with Gasteiger partial charge in [0.25, 0.3) is 6.43 Å². The van der Waals surface area contributed by atoms with Crippen molar-refractivity contribution in [1.82, 2.24) is 0 Å². The molecule has 0 bridgehead atoms. The molecule has 78 valence electrons. The Balaban J connectivity index is 3.28. The molecule has 0 aliphatic carbocycles. The molecule has 0 aromatic heterocycles. The van der Waals surface area contributed by atoms with Crippen LogP contribution in [0.5, 0.6) is 0 Å². The van der Waals surface area contributed by atoms with E-state index in [4.69, 9.17) is 0 Å². The van der Waals surface area contributed by atoms with E-state index in [0.717, 1.165) is 12.1 Å². The maximum atomic E-state index is 12.9. The molecule has 1 rings (SSSR count). The summed E-state index contributed by atoms with van der Waals surface area (Å²) in [6.07, 6.45) is -2.98. The number of hydrogen-bond acceptors (Lipinski definition) is 0. The van der Waals surface area contributed by atoms with E-state index >= 15 is 0 Å². The van der Waals surface area contributed by atoms with Crippen LogP contribution in [-0.2, 0) is 0 Å². The highest BCUT2D eigenvalue weighted by molar-refractivity contribution is 5.29. The van der Waals surface area contributed by atoms with Crippen LogP contribution in [0.1, 0.15) is 37.3 Å². The summed E-state index contributed by atoms with van der Waals surface area (Å²) in [7, 11) is 0. The van der Waals surface area contributed by atoms with Crippen LogP contribution in [0, 0.1) is 11.6 Å². The molecule has 1 aromatic carbocycles. The second kappa shape index (κ2) is 3.98. The third kappa shape index (κ3) is 2.05. The van der Waals surface area contributed by atoms with Gasteiger partial charge in [0.1, 0.15) is 0 Å². The van der Waals surface area contributed by atoms with Crippen LogP contribution in [0.3, 0.4) is 0 Å². The molecule has 1 aromatic rings. The van der Waals surface area contributed by atoms with Gasteiger partial charge in [0.05, 0.1) is 5.56 Å². The molecule has 0 aliphatic heterocycles. The van der Waals surface area contributed by atoms with Crippen molar-refractivity contribution >= 4 is 0 Å². The normalized spacial score (nSPS) is 11.4. The van der Waals surface area contributed by atoms with Gasteiger partial charge in [0, 0.05) is 0 Å². The summed E-state index contributed by atoms with van der Waals surface area (Å²) in [5.41, 5.74) is -0.493. The van der Waals surface area contributed by atoms with Crippen LogP contribution in [0.15, 0.2) is 12.1 Å². The van der Waals surface area contributed by atoms with E-state index in [-0.39, 0.29) is 5.92 Å². The van der Waals surface area contributed by atoms with E-state index in [1.807, 2.05) is 0 Å². The lowest BCUT2D eigenvalue weighted by Gasteiger charge is -2.09. The largest absolute Gasteiger partial charge is 0.266 e. The molecule has 0 atom stereocenters. The van der Waals surface area contributed by atoms with E-state index in [1.165, 1.54) is 0 Å². The van der Waals surface area contributed by atoms with Gasteiger partial charge >= 0.3 is 0 Å². The van der Waals surface area contributed by atoms with Gasteiger partial charge in [-0.1, -0.05) is 13.8 Å². The fourth-order valence-electron chi connectivity index (χ4n) is 1.12. The number of alkyl halides is 2. The van der Waals surface area contributed by atoms with Crippen molar-refractivity contribution in [3.8, 4) is 0 Å². The summed E-state index contributed by atoms with van der Waals surface area (Å²) in [6, 6.07) is 1.96. The Morgan fingerprint density at radius 2 is 1.64 bits per heavy atom. The van der Waals surface area contributed by atoms with Gasteiger partial charge < -0.3 is 0 Å². The van der Waals surface area contributed by atoms with Crippen LogP contribution >= 0.6 is 0 Å². The predicted octanol–water partition coefficient (Wildman–Crippen LogP) is 4.03. The number of rotatable bonds is 2. The lowest BCUT2D eigenvalue weighted by Crippen LogP contribution is -1.99. The zero-order chi connectivity index (χ0) is 10.9. The standard InChI is InChI=1S/C10H10F4/c1-5(2)6-3-7(10(13)14)9(12)8(11)4-6/h3-5,10H,1-2H3. The number of benzene rings is 1. The molecule has 0 nitrogen and oxygen atoms in total. The molecule has 0 heterocycles. The van der Waals surface area contributed by atoms with Crippen molar-refractivity contribution in [2.75, 3.05) is 0 Å². The van der Waals surface area contributed by atoms with Crippen molar-refractivity contribution in [3.63, 3.8) is 0 Å². The summed E-state index contributed by atoms with van der Waals surface area (Å²) < 4.78 is 50.2. The topological polar surface area (TPSA) is 0 Å². The minimum atomic E-state index is -2.98. The van der Waals surface area contributed by atoms with Gasteiger partial charge in [-0.2, -0.15) is 0 Å². The van der Waals surface area contributed by atoms with Crippen LogP contribution < -0.4 is 0 Å². The van der Waals surface area contributed by atoms with E-state index < -0.39 is 23.6 Å². The monoisotopic (exact) mass is 206 g/mol. The Bertz CT molecular complexity index is 331. The average Bonchev–Trinajstić information content (AvgIpc) is 2.08. The highest BCUT2D eigenvalue weighted by Crippen LogP contribution is 2.27. The molecule has 0 amide bonds. The molecule has 0 saturated carbocycles. The fourth-order valence-corrected chi connectivity index (χ4v) is 1.12. The maximum absolute atomic E-state index is 12.9. The molecule has 0 radical (unpaired) electrons. The molecule has 0 spiro atoms. The highest BCUT2D eigenvalue weighted by Gasteiger charge is 2.19. The molecule has 14 heavy (non-hydrogen) atoms. The summed E-state index contributed by atoms with van der Waals surface area (Å²) in [5, 5.41) is 0. The van der Waals surface area contributed by atoms with Gasteiger partial charge in [-0.25, -0.2) is 17.6 Å². The number of halogens is 4. The summed E-state index contributed by atoms with van der Waals surface area (Å²) >= 11 is 0. The quantitative estimate of drug-likeness (QED) is 0.641. The Labute approximate surface area is 79.6 Å². The van der Waals surface area contributed by atoms with Gasteiger partial charge in [-0.05, 0) is 23.6 Å². The number of hydrogen-bond donors (Lipinski definition) is 0. The fraction of sp³-hybridized carbons (Fsp3) is 0.400. The second-order valence-electron chi connectivity index (χ2n) is 3.36. The van der Waals surface area contributed by atoms with E-state index in [1.54, 1.807) is 13.8 Å². The first-order chi connectivity index (χ1) is 6.43. The van der Waals surface area contributed by atoms with Crippen LogP contribution in [0.2, 0.25) is 0 Å². The smallest absolute Gasteiger partial charge is 0.205 e. The van der Waals surface area contributed by atoms with Crippen LogP contribution in [-0.4, -0.2) is 0 Å². The van der Waals surface area contributed by atoms with Gasteiger partial charge in [0.15, 0.2) is 11.6 Å². The Kier molecular flexibility index (Phi) is 3.13. The van der Waals surface area contributed by atoms with Crippen molar-refractivity contribution < 1.29 is 17.6 Å². The predicted molar refractivity (Wildman–Crippen MR) is 45.4 cm³/mol. The minimum absolute atomic E-state index is 0.109. The minimum Gasteiger partial charge on any atom is -0.205 e. The lowest BCUT2D eigenvalue weighted by molar-refractivity contribution is 0.145. The van der Waals surface area contributed by atoms with E-state index in [9.17, 15) is 17.6 Å². The van der Waals surface area contributed by atoms with Crippen molar-refractivity contribution in [2.45, 2.75) is 26.2 Å². The molecule has 0 saturated heterocycles. The second-order valence-corrected chi connectivity index (χ2v) is 3.36. The molecular formula is C10H10F4. The SMILES string of the molecule is CC(C)c1cc(F)c(F)c(C(F)F)c1. The molecule has 4 heteroatoms. The third-order valence-electron chi connectivity index (χ3n) is 1.98. The van der Waals surface area contributed by atoms with Crippen molar-refractivity contribution in [1.29, 1.82) is 0 Å². The lowest BCUT2D eigenvalue weighted by atomic mass is 10.0. The molecule has 0 unspecified atom stereocenters. The van der Waals surface area contributed by atoms with Crippen LogP contribution in [0.25, 0.3) is 0 Å².